The van der Waals surface area contributed by atoms with Crippen LogP contribution in [0, 0.1) is 0 Å². The number of nitrogens with zero attached hydrogens (tertiary/aromatic N) is 2. The van der Waals surface area contributed by atoms with Crippen LogP contribution in [-0.4, -0.2) is 54.4 Å². The SMILES string of the molecule is CCOc1ccc(C(=O)N2CCN(C(=O)C(c3ccccc3)c3ccccc3)CC2)cc1. The highest BCUT2D eigenvalue weighted by Crippen LogP contribution is 2.27. The Morgan fingerprint density at radius 2 is 1.25 bits per heavy atom. The van der Waals surface area contributed by atoms with Crippen molar-refractivity contribution in [3.63, 3.8) is 0 Å². The number of benzene rings is 3. The lowest BCUT2D eigenvalue weighted by molar-refractivity contribution is -0.133. The first kappa shape index (κ1) is 21.6. The highest BCUT2D eigenvalue weighted by Gasteiger charge is 2.31. The van der Waals surface area contributed by atoms with Crippen LogP contribution < -0.4 is 4.74 Å². The van der Waals surface area contributed by atoms with Gasteiger partial charge in [0.25, 0.3) is 5.91 Å². The molecule has 0 aliphatic carbocycles. The van der Waals surface area contributed by atoms with Crippen molar-refractivity contribution >= 4 is 11.8 Å². The Morgan fingerprint density at radius 3 is 1.75 bits per heavy atom. The molecule has 0 aromatic heterocycles. The fraction of sp³-hybridized carbons (Fsp3) is 0.259. The first-order valence-electron chi connectivity index (χ1n) is 11.1. The second kappa shape index (κ2) is 10.1. The van der Waals surface area contributed by atoms with Crippen LogP contribution in [0.15, 0.2) is 84.9 Å². The van der Waals surface area contributed by atoms with Crippen LogP contribution in [-0.2, 0) is 4.79 Å². The molecule has 0 atom stereocenters. The summed E-state index contributed by atoms with van der Waals surface area (Å²) >= 11 is 0. The van der Waals surface area contributed by atoms with E-state index < -0.39 is 0 Å². The molecule has 0 N–H and O–H groups in total. The third-order valence-electron chi connectivity index (χ3n) is 5.80. The van der Waals surface area contributed by atoms with Gasteiger partial charge in [0, 0.05) is 31.7 Å². The van der Waals surface area contributed by atoms with Crippen molar-refractivity contribution in [3.05, 3.63) is 102 Å². The van der Waals surface area contributed by atoms with E-state index in [0.717, 1.165) is 16.9 Å². The normalized spacial score (nSPS) is 13.8. The van der Waals surface area contributed by atoms with Gasteiger partial charge < -0.3 is 14.5 Å². The molecule has 3 aromatic rings. The largest absolute Gasteiger partial charge is 0.494 e. The van der Waals surface area contributed by atoms with Gasteiger partial charge >= 0.3 is 0 Å². The topological polar surface area (TPSA) is 49.9 Å². The summed E-state index contributed by atoms with van der Waals surface area (Å²) in [5.74, 6) is 0.483. The van der Waals surface area contributed by atoms with Crippen molar-refractivity contribution < 1.29 is 14.3 Å². The third kappa shape index (κ3) is 4.83. The number of hydrogen-bond donors (Lipinski definition) is 0. The number of carbonyl (C=O) groups excluding carboxylic acids is 2. The molecule has 2 amide bonds. The van der Waals surface area contributed by atoms with E-state index in [4.69, 9.17) is 4.74 Å². The first-order chi connectivity index (χ1) is 15.7. The minimum Gasteiger partial charge on any atom is -0.494 e. The zero-order chi connectivity index (χ0) is 22.3. The standard InChI is InChI=1S/C27H28N2O3/c1-2-32-24-15-13-23(14-16-24)26(30)28-17-19-29(20-18-28)27(31)25(21-9-5-3-6-10-21)22-11-7-4-8-12-22/h3-16,25H,2,17-20H2,1H3. The summed E-state index contributed by atoms with van der Waals surface area (Å²) in [6.45, 7) is 4.62. The summed E-state index contributed by atoms with van der Waals surface area (Å²) in [6, 6.07) is 27.0. The lowest BCUT2D eigenvalue weighted by Gasteiger charge is -2.36. The maximum Gasteiger partial charge on any atom is 0.253 e. The molecule has 1 aliphatic rings. The summed E-state index contributed by atoms with van der Waals surface area (Å²) in [7, 11) is 0. The molecule has 1 fully saturated rings. The van der Waals surface area contributed by atoms with Gasteiger partial charge in [-0.15, -0.1) is 0 Å². The second-order valence-electron chi connectivity index (χ2n) is 7.83. The van der Waals surface area contributed by atoms with Crippen molar-refractivity contribution in [1.29, 1.82) is 0 Å². The molecule has 5 nitrogen and oxygen atoms in total. The molecule has 0 radical (unpaired) electrons. The lowest BCUT2D eigenvalue weighted by atomic mass is 9.90. The van der Waals surface area contributed by atoms with Crippen LogP contribution >= 0.6 is 0 Å². The Bertz CT molecular complexity index is 988. The zero-order valence-electron chi connectivity index (χ0n) is 18.3. The van der Waals surface area contributed by atoms with E-state index in [1.165, 1.54) is 0 Å². The van der Waals surface area contributed by atoms with E-state index >= 15 is 0 Å². The van der Waals surface area contributed by atoms with Crippen LogP contribution in [0.25, 0.3) is 0 Å². The van der Waals surface area contributed by atoms with Gasteiger partial charge in [0.1, 0.15) is 5.75 Å². The minimum absolute atomic E-state index is 0.0113. The van der Waals surface area contributed by atoms with Crippen LogP contribution in [0.1, 0.15) is 34.3 Å². The van der Waals surface area contributed by atoms with Crippen molar-refractivity contribution in [2.45, 2.75) is 12.8 Å². The van der Waals surface area contributed by atoms with Crippen LogP contribution in [0.2, 0.25) is 0 Å². The summed E-state index contributed by atoms with van der Waals surface area (Å²) < 4.78 is 5.45. The second-order valence-corrected chi connectivity index (χ2v) is 7.83. The number of carbonyl (C=O) groups is 2. The molecular weight excluding hydrogens is 400 g/mol. The predicted molar refractivity (Wildman–Crippen MR) is 125 cm³/mol. The van der Waals surface area contributed by atoms with Crippen LogP contribution in [0.3, 0.4) is 0 Å². The Balaban J connectivity index is 1.44. The van der Waals surface area contributed by atoms with Crippen molar-refractivity contribution in [3.8, 4) is 5.75 Å². The van der Waals surface area contributed by atoms with E-state index in [-0.39, 0.29) is 17.7 Å². The minimum atomic E-state index is -0.342. The van der Waals surface area contributed by atoms with Crippen LogP contribution in [0.4, 0.5) is 0 Å². The van der Waals surface area contributed by atoms with E-state index in [1.807, 2.05) is 89.5 Å². The number of piperazine rings is 1. The van der Waals surface area contributed by atoms with Crippen molar-refractivity contribution in [1.82, 2.24) is 9.80 Å². The average molecular weight is 429 g/mol. The third-order valence-corrected chi connectivity index (χ3v) is 5.80. The summed E-state index contributed by atoms with van der Waals surface area (Å²) in [5, 5.41) is 0. The first-order valence-corrected chi connectivity index (χ1v) is 11.1. The number of rotatable bonds is 6. The molecular formula is C27H28N2O3. The molecule has 5 heteroatoms. The maximum absolute atomic E-state index is 13.6. The van der Waals surface area contributed by atoms with Gasteiger partial charge in [0.15, 0.2) is 0 Å². The van der Waals surface area contributed by atoms with Gasteiger partial charge in [-0.2, -0.15) is 0 Å². The summed E-state index contributed by atoms with van der Waals surface area (Å²) in [5.41, 5.74) is 2.60. The molecule has 0 saturated carbocycles. The summed E-state index contributed by atoms with van der Waals surface area (Å²) in [4.78, 5) is 30.2. The predicted octanol–water partition coefficient (Wildman–Crippen LogP) is 4.20. The molecule has 0 unspecified atom stereocenters. The van der Waals surface area contributed by atoms with E-state index in [0.29, 0.717) is 38.3 Å². The maximum atomic E-state index is 13.6. The fourth-order valence-electron chi connectivity index (χ4n) is 4.12. The Morgan fingerprint density at radius 1 is 0.750 bits per heavy atom. The highest BCUT2D eigenvalue weighted by atomic mass is 16.5. The van der Waals surface area contributed by atoms with Gasteiger partial charge in [-0.25, -0.2) is 0 Å². The van der Waals surface area contributed by atoms with Gasteiger partial charge in [0.2, 0.25) is 5.91 Å². The number of hydrogen-bond acceptors (Lipinski definition) is 3. The van der Waals surface area contributed by atoms with E-state index in [1.54, 1.807) is 12.1 Å². The molecule has 0 bridgehead atoms. The Hall–Kier alpha value is -3.60. The molecule has 1 aliphatic heterocycles. The van der Waals surface area contributed by atoms with Crippen molar-refractivity contribution in [2.75, 3.05) is 32.8 Å². The lowest BCUT2D eigenvalue weighted by Crippen LogP contribution is -2.51. The molecule has 3 aromatic carbocycles. The molecule has 4 rings (SSSR count). The van der Waals surface area contributed by atoms with E-state index in [2.05, 4.69) is 0 Å². The quantitative estimate of drug-likeness (QED) is 0.591. The van der Waals surface area contributed by atoms with Gasteiger partial charge in [-0.1, -0.05) is 60.7 Å². The van der Waals surface area contributed by atoms with Gasteiger partial charge in [0.05, 0.1) is 12.5 Å². The van der Waals surface area contributed by atoms with E-state index in [9.17, 15) is 9.59 Å². The average Bonchev–Trinajstić information content (AvgIpc) is 2.86. The van der Waals surface area contributed by atoms with Crippen molar-refractivity contribution in [2.24, 2.45) is 0 Å². The molecule has 1 saturated heterocycles. The molecule has 164 valence electrons. The monoisotopic (exact) mass is 428 g/mol. The number of ether oxygens (including phenoxy) is 1. The zero-order valence-corrected chi connectivity index (χ0v) is 18.3. The highest BCUT2D eigenvalue weighted by molar-refractivity contribution is 5.94. The van der Waals surface area contributed by atoms with Gasteiger partial charge in [-0.05, 0) is 42.3 Å². The fourth-order valence-corrected chi connectivity index (χ4v) is 4.12. The smallest absolute Gasteiger partial charge is 0.253 e. The number of amides is 2. The Labute approximate surface area is 189 Å². The Kier molecular flexibility index (Phi) is 6.85. The van der Waals surface area contributed by atoms with Gasteiger partial charge in [-0.3, -0.25) is 9.59 Å². The molecule has 0 spiro atoms. The summed E-state index contributed by atoms with van der Waals surface area (Å²) in [6.07, 6.45) is 0. The molecule has 1 heterocycles. The van der Waals surface area contributed by atoms with Crippen LogP contribution in [0.5, 0.6) is 5.75 Å². The molecule has 32 heavy (non-hydrogen) atoms.